The first-order chi connectivity index (χ1) is 14.0. The molecule has 0 saturated carbocycles. The number of fused-ring (bicyclic) bond motifs is 1. The van der Waals surface area contributed by atoms with Crippen molar-refractivity contribution in [3.63, 3.8) is 0 Å². The molecule has 0 fully saturated rings. The number of halogens is 1. The molecule has 0 radical (unpaired) electrons. The average molecular weight is 398 g/mol. The van der Waals surface area contributed by atoms with Gasteiger partial charge in [0.05, 0.1) is 33.4 Å². The molecule has 0 unspecified atom stereocenters. The van der Waals surface area contributed by atoms with Crippen LogP contribution >= 0.6 is 0 Å². The van der Waals surface area contributed by atoms with E-state index in [1.165, 1.54) is 19.2 Å². The Labute approximate surface area is 168 Å². The van der Waals surface area contributed by atoms with Gasteiger partial charge in [0.2, 0.25) is 0 Å². The van der Waals surface area contributed by atoms with E-state index < -0.39 is 0 Å². The SMILES string of the molecule is COC(=O)CN(Cc1cc(OC)cc(OC)c1)Cc1cc(F)cc2cccnc12. The minimum absolute atomic E-state index is 0.0425. The van der Waals surface area contributed by atoms with Crippen molar-refractivity contribution in [3.05, 3.63) is 65.6 Å². The maximum absolute atomic E-state index is 14.1. The molecule has 0 saturated heterocycles. The van der Waals surface area contributed by atoms with E-state index >= 15 is 0 Å². The van der Waals surface area contributed by atoms with Gasteiger partial charge in [0.1, 0.15) is 17.3 Å². The molecule has 0 bridgehead atoms. The number of methoxy groups -OCH3 is 3. The number of ether oxygens (including phenoxy) is 3. The number of esters is 1. The molecule has 1 heterocycles. The van der Waals surface area contributed by atoms with Gasteiger partial charge >= 0.3 is 5.97 Å². The number of carbonyl (C=O) groups is 1. The molecule has 0 aliphatic carbocycles. The lowest BCUT2D eigenvalue weighted by Crippen LogP contribution is -2.30. The van der Waals surface area contributed by atoms with Gasteiger partial charge in [-0.15, -0.1) is 0 Å². The minimum Gasteiger partial charge on any atom is -0.497 e. The Kier molecular flexibility index (Phi) is 6.61. The summed E-state index contributed by atoms with van der Waals surface area (Å²) in [5, 5.41) is 0.712. The van der Waals surface area contributed by atoms with E-state index in [1.807, 2.05) is 23.1 Å². The second-order valence-electron chi connectivity index (χ2n) is 6.58. The van der Waals surface area contributed by atoms with Gasteiger partial charge in [-0.3, -0.25) is 14.7 Å². The van der Waals surface area contributed by atoms with E-state index in [9.17, 15) is 9.18 Å². The van der Waals surface area contributed by atoms with Crippen molar-refractivity contribution in [1.29, 1.82) is 0 Å². The maximum atomic E-state index is 14.1. The fourth-order valence-electron chi connectivity index (χ4n) is 3.22. The Morgan fingerprint density at radius 3 is 2.41 bits per heavy atom. The number of benzene rings is 2. The van der Waals surface area contributed by atoms with Gasteiger partial charge in [0, 0.05) is 30.7 Å². The third kappa shape index (κ3) is 5.20. The second kappa shape index (κ2) is 9.34. The Hall–Kier alpha value is -3.19. The van der Waals surface area contributed by atoms with Crippen molar-refractivity contribution in [3.8, 4) is 11.5 Å². The highest BCUT2D eigenvalue weighted by molar-refractivity contribution is 5.81. The predicted molar refractivity (Wildman–Crippen MR) is 107 cm³/mol. The van der Waals surface area contributed by atoms with Crippen LogP contribution in [0.2, 0.25) is 0 Å². The summed E-state index contributed by atoms with van der Waals surface area (Å²) in [4.78, 5) is 18.2. The van der Waals surface area contributed by atoms with E-state index in [1.54, 1.807) is 32.5 Å². The van der Waals surface area contributed by atoms with Gasteiger partial charge in [0.15, 0.2) is 0 Å². The lowest BCUT2D eigenvalue weighted by molar-refractivity contribution is -0.142. The lowest BCUT2D eigenvalue weighted by Gasteiger charge is -2.22. The number of carbonyl (C=O) groups excluding carboxylic acids is 1. The van der Waals surface area contributed by atoms with Crippen LogP contribution in [0, 0.1) is 5.82 Å². The zero-order chi connectivity index (χ0) is 20.8. The fourth-order valence-corrected chi connectivity index (χ4v) is 3.22. The molecule has 3 rings (SSSR count). The molecule has 0 N–H and O–H groups in total. The van der Waals surface area contributed by atoms with Gasteiger partial charge in [-0.05, 0) is 41.5 Å². The first-order valence-corrected chi connectivity index (χ1v) is 9.06. The van der Waals surface area contributed by atoms with Gasteiger partial charge in [0.25, 0.3) is 0 Å². The fraction of sp³-hybridized carbons (Fsp3) is 0.273. The molecular weight excluding hydrogens is 375 g/mol. The summed E-state index contributed by atoms with van der Waals surface area (Å²) in [7, 11) is 4.50. The van der Waals surface area contributed by atoms with Gasteiger partial charge < -0.3 is 14.2 Å². The van der Waals surface area contributed by atoms with Crippen molar-refractivity contribution in [2.45, 2.75) is 13.1 Å². The topological polar surface area (TPSA) is 60.9 Å². The van der Waals surface area contributed by atoms with Gasteiger partial charge in [-0.1, -0.05) is 6.07 Å². The normalized spacial score (nSPS) is 10.9. The molecule has 152 valence electrons. The van der Waals surface area contributed by atoms with Crippen molar-refractivity contribution in [2.75, 3.05) is 27.9 Å². The van der Waals surface area contributed by atoms with Crippen molar-refractivity contribution in [1.82, 2.24) is 9.88 Å². The Bertz CT molecular complexity index is 987. The number of rotatable bonds is 8. The lowest BCUT2D eigenvalue weighted by atomic mass is 10.1. The first-order valence-electron chi connectivity index (χ1n) is 9.06. The molecule has 0 aliphatic heterocycles. The van der Waals surface area contributed by atoms with Crippen LogP contribution in [0.25, 0.3) is 10.9 Å². The van der Waals surface area contributed by atoms with Crippen LogP contribution in [-0.2, 0) is 22.6 Å². The summed E-state index contributed by atoms with van der Waals surface area (Å²) >= 11 is 0. The first kappa shape index (κ1) is 20.5. The largest absolute Gasteiger partial charge is 0.497 e. The number of pyridine rings is 1. The molecule has 3 aromatic rings. The van der Waals surface area contributed by atoms with E-state index in [0.717, 1.165) is 5.56 Å². The third-order valence-corrected chi connectivity index (χ3v) is 4.54. The van der Waals surface area contributed by atoms with Crippen LogP contribution in [0.1, 0.15) is 11.1 Å². The monoisotopic (exact) mass is 398 g/mol. The summed E-state index contributed by atoms with van der Waals surface area (Å²) in [6, 6.07) is 12.0. The third-order valence-electron chi connectivity index (χ3n) is 4.54. The molecule has 1 aromatic heterocycles. The smallest absolute Gasteiger partial charge is 0.319 e. The predicted octanol–water partition coefficient (Wildman–Crippen LogP) is 3.57. The van der Waals surface area contributed by atoms with Crippen LogP contribution < -0.4 is 9.47 Å². The Morgan fingerprint density at radius 2 is 1.76 bits per heavy atom. The van der Waals surface area contributed by atoms with Gasteiger partial charge in [-0.2, -0.15) is 0 Å². The summed E-state index contributed by atoms with van der Waals surface area (Å²) in [6.45, 7) is 0.772. The number of aromatic nitrogens is 1. The van der Waals surface area contributed by atoms with Crippen LogP contribution in [0.3, 0.4) is 0 Å². The quantitative estimate of drug-likeness (QED) is 0.541. The zero-order valence-corrected chi connectivity index (χ0v) is 16.6. The molecule has 6 nitrogen and oxygen atoms in total. The van der Waals surface area contributed by atoms with Gasteiger partial charge in [-0.25, -0.2) is 4.39 Å². The molecule has 0 aliphatic rings. The van der Waals surface area contributed by atoms with Crippen LogP contribution in [-0.4, -0.2) is 43.7 Å². The highest BCUT2D eigenvalue weighted by Crippen LogP contribution is 2.25. The van der Waals surface area contributed by atoms with E-state index in [-0.39, 0.29) is 18.3 Å². The summed E-state index contributed by atoms with van der Waals surface area (Å²) in [5.41, 5.74) is 2.28. The standard InChI is InChI=1S/C22H23FN2O4/c1-27-19-7-15(8-20(11-19)28-2)12-25(14-21(26)29-3)13-17-10-18(23)9-16-5-4-6-24-22(16)17/h4-11H,12-14H2,1-3H3. The van der Waals surface area contributed by atoms with Crippen LogP contribution in [0.5, 0.6) is 11.5 Å². The summed E-state index contributed by atoms with van der Waals surface area (Å²) < 4.78 is 29.6. The van der Waals surface area contributed by atoms with E-state index in [0.29, 0.717) is 41.1 Å². The molecule has 2 aromatic carbocycles. The summed E-state index contributed by atoms with van der Waals surface area (Å²) in [6.07, 6.45) is 1.67. The minimum atomic E-state index is -0.381. The van der Waals surface area contributed by atoms with E-state index in [2.05, 4.69) is 4.98 Å². The molecular formula is C22H23FN2O4. The molecule has 0 spiro atoms. The molecule has 29 heavy (non-hydrogen) atoms. The number of nitrogens with zero attached hydrogens (tertiary/aromatic N) is 2. The zero-order valence-electron chi connectivity index (χ0n) is 16.6. The Morgan fingerprint density at radius 1 is 1.03 bits per heavy atom. The maximum Gasteiger partial charge on any atom is 0.319 e. The van der Waals surface area contributed by atoms with Crippen molar-refractivity contribution in [2.24, 2.45) is 0 Å². The molecule has 0 amide bonds. The van der Waals surface area contributed by atoms with E-state index in [4.69, 9.17) is 14.2 Å². The number of hydrogen-bond donors (Lipinski definition) is 0. The van der Waals surface area contributed by atoms with Crippen LogP contribution in [0.15, 0.2) is 48.7 Å². The summed E-state index contributed by atoms with van der Waals surface area (Å²) in [5.74, 6) is 0.570. The van der Waals surface area contributed by atoms with Crippen LogP contribution in [0.4, 0.5) is 4.39 Å². The number of hydrogen-bond acceptors (Lipinski definition) is 6. The highest BCUT2D eigenvalue weighted by Gasteiger charge is 2.16. The highest BCUT2D eigenvalue weighted by atomic mass is 19.1. The molecule has 0 atom stereocenters. The second-order valence-corrected chi connectivity index (χ2v) is 6.58. The molecule has 7 heteroatoms. The average Bonchev–Trinajstić information content (AvgIpc) is 2.73. The van der Waals surface area contributed by atoms with Crippen molar-refractivity contribution < 1.29 is 23.4 Å². The van der Waals surface area contributed by atoms with Crippen molar-refractivity contribution >= 4 is 16.9 Å². The Balaban J connectivity index is 1.94.